The van der Waals surface area contributed by atoms with Crippen molar-refractivity contribution in [1.82, 2.24) is 0 Å². The first-order chi connectivity index (χ1) is 9.43. The van der Waals surface area contributed by atoms with Crippen LogP contribution in [0.5, 0.6) is 11.5 Å². The van der Waals surface area contributed by atoms with Crippen LogP contribution in [0.2, 0.25) is 0 Å². The topological polar surface area (TPSA) is 64.3 Å². The largest absolute Gasteiger partial charge is 0.508 e. The van der Waals surface area contributed by atoms with Crippen LogP contribution in [0.1, 0.15) is 57.1 Å². The molecule has 0 unspecified atom stereocenters. The van der Waals surface area contributed by atoms with Crippen molar-refractivity contribution in [2.45, 2.75) is 52.4 Å². The van der Waals surface area contributed by atoms with Crippen LogP contribution in [-0.2, 0) is 6.42 Å². The van der Waals surface area contributed by atoms with Gasteiger partial charge in [0.1, 0.15) is 11.5 Å². The molecule has 2 rings (SSSR count). The fraction of sp³-hybridized carbons (Fsp3) is 0.588. The molecule has 1 aromatic carbocycles. The Morgan fingerprint density at radius 3 is 2.35 bits per heavy atom. The average molecular weight is 275 g/mol. The highest BCUT2D eigenvalue weighted by molar-refractivity contribution is 5.83. The second kappa shape index (κ2) is 5.86. The van der Waals surface area contributed by atoms with Crippen molar-refractivity contribution in [2.24, 2.45) is 11.8 Å². The van der Waals surface area contributed by atoms with Gasteiger partial charge in [0, 0.05) is 11.3 Å². The Morgan fingerprint density at radius 1 is 1.25 bits per heavy atom. The minimum atomic E-state index is 0.0576. The van der Waals surface area contributed by atoms with Gasteiger partial charge in [-0.3, -0.25) is 0 Å². The van der Waals surface area contributed by atoms with Gasteiger partial charge in [-0.1, -0.05) is 20.8 Å². The molecule has 20 heavy (non-hydrogen) atoms. The third-order valence-corrected chi connectivity index (χ3v) is 4.59. The molecule has 3 N–H and O–H groups in total. The summed E-state index contributed by atoms with van der Waals surface area (Å²) in [4.78, 5) is 0. The molecule has 3 nitrogen and oxygen atoms in total. The predicted octanol–water partition coefficient (Wildman–Crippen LogP) is 4.22. The van der Waals surface area contributed by atoms with Crippen molar-refractivity contribution in [1.29, 1.82) is 5.41 Å². The van der Waals surface area contributed by atoms with Gasteiger partial charge in [0.15, 0.2) is 0 Å². The molecule has 1 aromatic rings. The van der Waals surface area contributed by atoms with Gasteiger partial charge in [-0.25, -0.2) is 0 Å². The number of aromatic hydroxyl groups is 2. The normalized spacial score (nSPS) is 23.3. The maximum Gasteiger partial charge on any atom is 0.123 e. The van der Waals surface area contributed by atoms with E-state index in [1.54, 1.807) is 12.1 Å². The summed E-state index contributed by atoms with van der Waals surface area (Å²) < 4.78 is 0. The van der Waals surface area contributed by atoms with E-state index in [0.717, 1.165) is 30.5 Å². The van der Waals surface area contributed by atoms with Crippen molar-refractivity contribution in [3.8, 4) is 11.5 Å². The molecular weight excluding hydrogens is 250 g/mol. The first kappa shape index (κ1) is 14.9. The monoisotopic (exact) mass is 275 g/mol. The Morgan fingerprint density at radius 2 is 1.85 bits per heavy atom. The number of nitrogens with one attached hydrogen (secondary N) is 1. The first-order valence-electron chi connectivity index (χ1n) is 7.55. The minimum absolute atomic E-state index is 0.0576. The zero-order valence-electron chi connectivity index (χ0n) is 12.6. The zero-order chi connectivity index (χ0) is 14.9. The smallest absolute Gasteiger partial charge is 0.123 e. The number of phenolic OH excluding ortho intramolecular Hbond substituents is 2. The molecule has 0 bridgehead atoms. The van der Waals surface area contributed by atoms with Crippen LogP contribution >= 0.6 is 0 Å². The molecule has 0 heterocycles. The molecule has 1 fully saturated rings. The van der Waals surface area contributed by atoms with E-state index in [-0.39, 0.29) is 17.4 Å². The maximum atomic E-state index is 10.3. The highest BCUT2D eigenvalue weighted by atomic mass is 16.3. The molecule has 1 saturated carbocycles. The summed E-state index contributed by atoms with van der Waals surface area (Å²) in [6, 6.07) is 3.51. The lowest BCUT2D eigenvalue weighted by atomic mass is 9.69. The van der Waals surface area contributed by atoms with Gasteiger partial charge in [-0.2, -0.15) is 0 Å². The molecule has 1 aliphatic rings. The van der Waals surface area contributed by atoms with Crippen LogP contribution in [0.3, 0.4) is 0 Å². The van der Waals surface area contributed by atoms with Crippen molar-refractivity contribution < 1.29 is 10.2 Å². The molecule has 3 heteroatoms. The number of aryl methyl sites for hydroxylation is 1. The summed E-state index contributed by atoms with van der Waals surface area (Å²) in [6.45, 7) is 6.36. The molecule has 0 amide bonds. The van der Waals surface area contributed by atoms with Crippen LogP contribution in [0.15, 0.2) is 12.1 Å². The zero-order valence-corrected chi connectivity index (χ0v) is 12.6. The van der Waals surface area contributed by atoms with Crippen molar-refractivity contribution in [2.75, 3.05) is 0 Å². The molecule has 0 radical (unpaired) electrons. The van der Waals surface area contributed by atoms with Crippen LogP contribution in [0.25, 0.3) is 0 Å². The molecule has 2 atom stereocenters. The maximum absolute atomic E-state index is 10.3. The van der Waals surface area contributed by atoms with Crippen molar-refractivity contribution in [3.63, 3.8) is 0 Å². The summed E-state index contributed by atoms with van der Waals surface area (Å²) in [5, 5.41) is 28.6. The highest BCUT2D eigenvalue weighted by Crippen LogP contribution is 2.47. The highest BCUT2D eigenvalue weighted by Gasteiger charge is 2.34. The number of hydrogen-bond acceptors (Lipinski definition) is 3. The van der Waals surface area contributed by atoms with Crippen LogP contribution < -0.4 is 0 Å². The van der Waals surface area contributed by atoms with Gasteiger partial charge in [-0.05, 0) is 61.1 Å². The van der Waals surface area contributed by atoms with E-state index >= 15 is 0 Å². The average Bonchev–Trinajstić information content (AvgIpc) is 2.37. The summed E-state index contributed by atoms with van der Waals surface area (Å²) in [5.74, 6) is 1.33. The quantitative estimate of drug-likeness (QED) is 0.773. The van der Waals surface area contributed by atoms with Crippen LogP contribution in [0, 0.1) is 17.2 Å². The summed E-state index contributed by atoms with van der Waals surface area (Å²) in [7, 11) is 0. The number of phenols is 2. The molecule has 110 valence electrons. The molecule has 0 aliphatic heterocycles. The molecular formula is C17H25NO2. The lowest BCUT2D eigenvalue weighted by Crippen LogP contribution is -2.27. The lowest BCUT2D eigenvalue weighted by molar-refractivity contribution is 0.278. The van der Waals surface area contributed by atoms with Gasteiger partial charge in [0.25, 0.3) is 0 Å². The Kier molecular flexibility index (Phi) is 4.36. The van der Waals surface area contributed by atoms with E-state index in [1.165, 1.54) is 0 Å². The fourth-order valence-electron chi connectivity index (χ4n) is 3.44. The summed E-state index contributed by atoms with van der Waals surface area (Å²) in [6.07, 6.45) is 3.24. The molecule has 1 aliphatic carbocycles. The Bertz CT molecular complexity index is 485. The summed E-state index contributed by atoms with van der Waals surface area (Å²) in [5.41, 5.74) is 2.31. The first-order valence-corrected chi connectivity index (χ1v) is 7.55. The van der Waals surface area contributed by atoms with Gasteiger partial charge in [0.05, 0.1) is 0 Å². The lowest BCUT2D eigenvalue weighted by Gasteiger charge is -2.35. The molecule has 0 spiro atoms. The third kappa shape index (κ3) is 2.82. The van der Waals surface area contributed by atoms with Gasteiger partial charge in [-0.15, -0.1) is 0 Å². The number of rotatable bonds is 3. The van der Waals surface area contributed by atoms with Gasteiger partial charge >= 0.3 is 0 Å². The van der Waals surface area contributed by atoms with E-state index in [2.05, 4.69) is 13.8 Å². The van der Waals surface area contributed by atoms with E-state index in [0.29, 0.717) is 23.8 Å². The molecule has 0 aromatic heterocycles. The summed E-state index contributed by atoms with van der Waals surface area (Å²) >= 11 is 0. The Labute approximate surface area is 121 Å². The Balaban J connectivity index is 2.44. The SMILES string of the molecule is CCc1cc(O)c([C@@H]2CC(=N)CC[C@H]2C(C)C)c(O)c1. The van der Waals surface area contributed by atoms with E-state index in [1.807, 2.05) is 6.92 Å². The second-order valence-corrected chi connectivity index (χ2v) is 6.26. The van der Waals surface area contributed by atoms with Crippen LogP contribution in [0.4, 0.5) is 0 Å². The minimum Gasteiger partial charge on any atom is -0.508 e. The Hall–Kier alpha value is -1.51. The van der Waals surface area contributed by atoms with Crippen molar-refractivity contribution in [3.05, 3.63) is 23.3 Å². The fourth-order valence-corrected chi connectivity index (χ4v) is 3.44. The van der Waals surface area contributed by atoms with E-state index < -0.39 is 0 Å². The number of benzene rings is 1. The van der Waals surface area contributed by atoms with Gasteiger partial charge < -0.3 is 15.6 Å². The van der Waals surface area contributed by atoms with Crippen molar-refractivity contribution >= 4 is 5.71 Å². The third-order valence-electron chi connectivity index (χ3n) is 4.59. The van der Waals surface area contributed by atoms with E-state index in [9.17, 15) is 10.2 Å². The predicted molar refractivity (Wildman–Crippen MR) is 81.8 cm³/mol. The van der Waals surface area contributed by atoms with E-state index in [4.69, 9.17) is 5.41 Å². The second-order valence-electron chi connectivity index (χ2n) is 6.26. The molecule has 0 saturated heterocycles. The van der Waals surface area contributed by atoms with Gasteiger partial charge in [0.2, 0.25) is 0 Å². The number of hydrogen-bond donors (Lipinski definition) is 3. The van der Waals surface area contributed by atoms with Crippen LogP contribution in [-0.4, -0.2) is 15.9 Å². The standard InChI is InChI=1S/C17H25NO2/c1-4-11-7-15(19)17(16(20)8-11)14-9-12(18)5-6-13(14)10(2)3/h7-8,10,13-14,18-20H,4-6,9H2,1-3H3/t13-,14+/m0/s1.